The fourth-order valence-corrected chi connectivity index (χ4v) is 3.60. The van der Waals surface area contributed by atoms with Gasteiger partial charge >= 0.3 is 0 Å². The second-order valence-corrected chi connectivity index (χ2v) is 7.16. The van der Waals surface area contributed by atoms with Crippen molar-refractivity contribution in [3.8, 4) is 5.75 Å². The predicted molar refractivity (Wildman–Crippen MR) is 106 cm³/mol. The number of carbonyl (C=O) groups excluding carboxylic acids is 1. The fourth-order valence-electron chi connectivity index (χ4n) is 3.60. The number of ether oxygens (including phenoxy) is 1. The Bertz CT molecular complexity index is 749. The highest BCUT2D eigenvalue weighted by Crippen LogP contribution is 2.15. The van der Waals surface area contributed by atoms with Gasteiger partial charge in [0.15, 0.2) is 0 Å². The van der Waals surface area contributed by atoms with Crippen molar-refractivity contribution in [2.75, 3.05) is 39.3 Å². The number of nitrogens with zero attached hydrogens (tertiary/aromatic N) is 4. The van der Waals surface area contributed by atoms with Crippen LogP contribution in [-0.4, -0.2) is 64.8 Å². The van der Waals surface area contributed by atoms with Crippen molar-refractivity contribution >= 4 is 5.91 Å². The third-order valence-corrected chi connectivity index (χ3v) is 5.39. The van der Waals surface area contributed by atoms with E-state index in [1.807, 2.05) is 53.9 Å². The molecule has 0 unspecified atom stereocenters. The molecule has 0 radical (unpaired) electrons. The third kappa shape index (κ3) is 5.10. The third-order valence-electron chi connectivity index (χ3n) is 5.39. The standard InChI is InChI=1S/C21H30N4O2/c1-17-20(18(2)23(3)22-17)9-10-21(26)25-13-11-24(12-14-25)15-16-27-19-7-5-4-6-8-19/h4-8H,9-16H2,1-3H3. The summed E-state index contributed by atoms with van der Waals surface area (Å²) in [7, 11) is 1.95. The first-order valence-electron chi connectivity index (χ1n) is 9.71. The minimum atomic E-state index is 0.248. The number of piperazine rings is 1. The molecule has 27 heavy (non-hydrogen) atoms. The van der Waals surface area contributed by atoms with Gasteiger partial charge in [-0.2, -0.15) is 5.10 Å². The Morgan fingerprint density at radius 3 is 2.44 bits per heavy atom. The minimum absolute atomic E-state index is 0.248. The number of benzene rings is 1. The highest BCUT2D eigenvalue weighted by atomic mass is 16.5. The highest BCUT2D eigenvalue weighted by molar-refractivity contribution is 5.76. The molecular weight excluding hydrogens is 340 g/mol. The maximum atomic E-state index is 12.6. The molecule has 1 aliphatic rings. The van der Waals surface area contributed by atoms with Gasteiger partial charge in [-0.3, -0.25) is 14.4 Å². The summed E-state index contributed by atoms with van der Waals surface area (Å²) in [4.78, 5) is 16.9. The van der Waals surface area contributed by atoms with Gasteiger partial charge in [-0.1, -0.05) is 18.2 Å². The molecule has 1 fully saturated rings. The smallest absolute Gasteiger partial charge is 0.222 e. The van der Waals surface area contributed by atoms with Crippen molar-refractivity contribution in [2.24, 2.45) is 7.05 Å². The second kappa shape index (κ2) is 9.04. The van der Waals surface area contributed by atoms with Crippen LogP contribution in [-0.2, 0) is 18.3 Å². The molecule has 1 aromatic heterocycles. The summed E-state index contributed by atoms with van der Waals surface area (Å²) in [6.07, 6.45) is 1.33. The SMILES string of the molecule is Cc1nn(C)c(C)c1CCC(=O)N1CCN(CCOc2ccccc2)CC1. The van der Waals surface area contributed by atoms with E-state index < -0.39 is 0 Å². The molecule has 0 saturated carbocycles. The number of para-hydroxylation sites is 1. The minimum Gasteiger partial charge on any atom is -0.492 e. The largest absolute Gasteiger partial charge is 0.492 e. The topological polar surface area (TPSA) is 50.6 Å². The zero-order valence-electron chi connectivity index (χ0n) is 16.6. The van der Waals surface area contributed by atoms with Crippen molar-refractivity contribution in [3.05, 3.63) is 47.3 Å². The average molecular weight is 370 g/mol. The Balaban J connectivity index is 1.37. The molecule has 1 saturated heterocycles. The molecule has 2 aromatic rings. The Labute approximate surface area is 161 Å². The van der Waals surface area contributed by atoms with Crippen LogP contribution in [0.4, 0.5) is 0 Å². The maximum Gasteiger partial charge on any atom is 0.222 e. The first-order valence-corrected chi connectivity index (χ1v) is 9.71. The van der Waals surface area contributed by atoms with Crippen LogP contribution in [0.15, 0.2) is 30.3 Å². The summed E-state index contributed by atoms with van der Waals surface area (Å²) in [6.45, 7) is 9.08. The maximum absolute atomic E-state index is 12.6. The molecule has 6 nitrogen and oxygen atoms in total. The summed E-state index contributed by atoms with van der Waals surface area (Å²) in [5, 5.41) is 4.43. The van der Waals surface area contributed by atoms with Gasteiger partial charge in [-0.05, 0) is 38.0 Å². The van der Waals surface area contributed by atoms with Crippen LogP contribution in [0.1, 0.15) is 23.4 Å². The highest BCUT2D eigenvalue weighted by Gasteiger charge is 2.21. The summed E-state index contributed by atoms with van der Waals surface area (Å²) < 4.78 is 7.66. The van der Waals surface area contributed by atoms with Crippen molar-refractivity contribution < 1.29 is 9.53 Å². The first-order chi connectivity index (χ1) is 13.0. The van der Waals surface area contributed by atoms with E-state index in [4.69, 9.17) is 4.74 Å². The van der Waals surface area contributed by atoms with Crippen molar-refractivity contribution in [1.29, 1.82) is 0 Å². The second-order valence-electron chi connectivity index (χ2n) is 7.16. The van der Waals surface area contributed by atoms with Gasteiger partial charge in [-0.15, -0.1) is 0 Å². The van der Waals surface area contributed by atoms with E-state index in [1.165, 1.54) is 5.56 Å². The molecule has 0 aliphatic carbocycles. The van der Waals surface area contributed by atoms with Crippen LogP contribution in [0.25, 0.3) is 0 Å². The number of hydrogen-bond donors (Lipinski definition) is 0. The number of rotatable bonds is 7. The van der Waals surface area contributed by atoms with Gasteiger partial charge < -0.3 is 9.64 Å². The van der Waals surface area contributed by atoms with Crippen molar-refractivity contribution in [1.82, 2.24) is 19.6 Å². The quantitative estimate of drug-likeness (QED) is 0.750. The molecule has 6 heteroatoms. The van der Waals surface area contributed by atoms with Crippen molar-refractivity contribution in [3.63, 3.8) is 0 Å². The van der Waals surface area contributed by atoms with Gasteiger partial charge in [0.25, 0.3) is 0 Å². The van der Waals surface area contributed by atoms with E-state index in [-0.39, 0.29) is 5.91 Å². The van der Waals surface area contributed by atoms with Gasteiger partial charge in [0, 0.05) is 51.9 Å². The van der Waals surface area contributed by atoms with E-state index >= 15 is 0 Å². The fraction of sp³-hybridized carbons (Fsp3) is 0.524. The first kappa shape index (κ1) is 19.4. The zero-order valence-corrected chi connectivity index (χ0v) is 16.6. The lowest BCUT2D eigenvalue weighted by molar-refractivity contribution is -0.132. The lowest BCUT2D eigenvalue weighted by Crippen LogP contribution is -2.49. The average Bonchev–Trinajstić information content (AvgIpc) is 2.93. The predicted octanol–water partition coefficient (Wildman–Crippen LogP) is 2.19. The monoisotopic (exact) mass is 370 g/mol. The molecule has 3 rings (SSSR count). The van der Waals surface area contributed by atoms with Gasteiger partial charge in [0.1, 0.15) is 12.4 Å². The van der Waals surface area contributed by atoms with Crippen LogP contribution in [0.2, 0.25) is 0 Å². The normalized spacial score (nSPS) is 15.1. The molecular formula is C21H30N4O2. The van der Waals surface area contributed by atoms with Crippen LogP contribution < -0.4 is 4.74 Å². The molecule has 2 heterocycles. The van der Waals surface area contributed by atoms with Crippen LogP contribution in [0.5, 0.6) is 5.75 Å². The van der Waals surface area contributed by atoms with E-state index in [9.17, 15) is 4.79 Å². The number of aromatic nitrogens is 2. The van der Waals surface area contributed by atoms with Crippen LogP contribution in [0, 0.1) is 13.8 Å². The molecule has 0 N–H and O–H groups in total. The van der Waals surface area contributed by atoms with Gasteiger partial charge in [0.2, 0.25) is 5.91 Å². The summed E-state index contributed by atoms with van der Waals surface area (Å²) in [6, 6.07) is 9.90. The van der Waals surface area contributed by atoms with E-state index in [0.29, 0.717) is 13.0 Å². The van der Waals surface area contributed by atoms with Crippen LogP contribution >= 0.6 is 0 Å². The van der Waals surface area contributed by atoms with E-state index in [0.717, 1.165) is 56.3 Å². The number of hydrogen-bond acceptors (Lipinski definition) is 4. The molecule has 1 aliphatic heterocycles. The Morgan fingerprint density at radius 2 is 1.81 bits per heavy atom. The lowest BCUT2D eigenvalue weighted by Gasteiger charge is -2.34. The summed E-state index contributed by atoms with van der Waals surface area (Å²) in [5.41, 5.74) is 3.40. The van der Waals surface area contributed by atoms with Crippen molar-refractivity contribution in [2.45, 2.75) is 26.7 Å². The lowest BCUT2D eigenvalue weighted by atomic mass is 10.1. The van der Waals surface area contributed by atoms with Gasteiger partial charge in [0.05, 0.1) is 5.69 Å². The summed E-state index contributed by atoms with van der Waals surface area (Å²) in [5.74, 6) is 1.16. The number of carbonyl (C=O) groups is 1. The molecule has 0 bridgehead atoms. The van der Waals surface area contributed by atoms with Crippen LogP contribution in [0.3, 0.4) is 0 Å². The Morgan fingerprint density at radius 1 is 1.11 bits per heavy atom. The molecule has 1 amide bonds. The van der Waals surface area contributed by atoms with E-state index in [2.05, 4.69) is 16.9 Å². The number of amides is 1. The zero-order chi connectivity index (χ0) is 19.2. The molecule has 1 aromatic carbocycles. The number of aryl methyl sites for hydroxylation is 2. The Hall–Kier alpha value is -2.34. The molecule has 0 spiro atoms. The molecule has 146 valence electrons. The van der Waals surface area contributed by atoms with Gasteiger partial charge in [-0.25, -0.2) is 0 Å². The molecule has 0 atom stereocenters. The summed E-state index contributed by atoms with van der Waals surface area (Å²) >= 11 is 0. The van der Waals surface area contributed by atoms with E-state index in [1.54, 1.807) is 0 Å². The Kier molecular flexibility index (Phi) is 6.50.